The molecule has 1 aromatic heterocycles. The summed E-state index contributed by atoms with van der Waals surface area (Å²) in [7, 11) is 0. The zero-order chi connectivity index (χ0) is 13.7. The minimum absolute atomic E-state index is 0.192. The van der Waals surface area contributed by atoms with Crippen LogP contribution < -0.4 is 10.1 Å². The molecule has 0 saturated heterocycles. The molecule has 2 aromatic rings. The monoisotopic (exact) mass is 257 g/mol. The fraction of sp³-hybridized carbons (Fsp3) is 0.143. The summed E-state index contributed by atoms with van der Waals surface area (Å²) < 4.78 is 5.35. The van der Waals surface area contributed by atoms with Gasteiger partial charge >= 0.3 is 0 Å². The molecule has 1 aromatic carbocycles. The SMILES string of the molecule is C=CCOc1ccc(C(=O)Nc2[nH]ncc2C)cc1. The van der Waals surface area contributed by atoms with E-state index in [1.807, 2.05) is 6.92 Å². The number of ether oxygens (including phenoxy) is 1. The maximum Gasteiger partial charge on any atom is 0.256 e. The van der Waals surface area contributed by atoms with Crippen molar-refractivity contribution in [3.8, 4) is 5.75 Å². The topological polar surface area (TPSA) is 67.0 Å². The third-order valence-corrected chi connectivity index (χ3v) is 2.55. The van der Waals surface area contributed by atoms with Gasteiger partial charge in [0.1, 0.15) is 18.2 Å². The summed E-state index contributed by atoms with van der Waals surface area (Å²) in [4.78, 5) is 12.0. The maximum absolute atomic E-state index is 12.0. The van der Waals surface area contributed by atoms with E-state index in [1.165, 1.54) is 0 Å². The molecule has 5 nitrogen and oxygen atoms in total. The van der Waals surface area contributed by atoms with Gasteiger partial charge < -0.3 is 10.1 Å². The quantitative estimate of drug-likeness (QED) is 0.809. The average molecular weight is 257 g/mol. The predicted octanol–water partition coefficient (Wildman–Crippen LogP) is 2.54. The van der Waals surface area contributed by atoms with Crippen LogP contribution in [-0.2, 0) is 0 Å². The molecule has 19 heavy (non-hydrogen) atoms. The molecule has 0 aliphatic heterocycles. The van der Waals surface area contributed by atoms with Gasteiger partial charge in [-0.2, -0.15) is 5.10 Å². The number of aromatic nitrogens is 2. The van der Waals surface area contributed by atoms with Crippen LogP contribution in [0.1, 0.15) is 15.9 Å². The van der Waals surface area contributed by atoms with Crippen molar-refractivity contribution in [3.63, 3.8) is 0 Å². The number of carbonyl (C=O) groups is 1. The van der Waals surface area contributed by atoms with E-state index in [-0.39, 0.29) is 5.91 Å². The number of hydrogen-bond donors (Lipinski definition) is 2. The van der Waals surface area contributed by atoms with E-state index in [1.54, 1.807) is 36.5 Å². The molecule has 98 valence electrons. The number of rotatable bonds is 5. The van der Waals surface area contributed by atoms with Gasteiger partial charge in [-0.1, -0.05) is 12.7 Å². The summed E-state index contributed by atoms with van der Waals surface area (Å²) in [6.45, 7) is 5.88. The van der Waals surface area contributed by atoms with E-state index in [2.05, 4.69) is 22.1 Å². The molecule has 5 heteroatoms. The second-order valence-electron chi connectivity index (χ2n) is 4.01. The zero-order valence-electron chi connectivity index (χ0n) is 10.6. The Bertz CT molecular complexity index is 573. The van der Waals surface area contributed by atoms with Crippen molar-refractivity contribution < 1.29 is 9.53 Å². The standard InChI is InChI=1S/C14H15N3O2/c1-3-8-19-12-6-4-11(5-7-12)14(18)16-13-10(2)9-15-17-13/h3-7,9H,1,8H2,2H3,(H2,15,16,17,18). The van der Waals surface area contributed by atoms with Crippen LogP contribution in [0.15, 0.2) is 43.1 Å². The van der Waals surface area contributed by atoms with Crippen LogP contribution >= 0.6 is 0 Å². The number of anilines is 1. The van der Waals surface area contributed by atoms with Crippen LogP contribution in [-0.4, -0.2) is 22.7 Å². The van der Waals surface area contributed by atoms with Crippen molar-refractivity contribution in [1.82, 2.24) is 10.2 Å². The molecule has 0 fully saturated rings. The van der Waals surface area contributed by atoms with Crippen LogP contribution in [0.3, 0.4) is 0 Å². The molecular formula is C14H15N3O2. The number of carbonyl (C=O) groups excluding carboxylic acids is 1. The lowest BCUT2D eigenvalue weighted by molar-refractivity contribution is 0.102. The van der Waals surface area contributed by atoms with Crippen LogP contribution in [0.5, 0.6) is 5.75 Å². The Hall–Kier alpha value is -2.56. The van der Waals surface area contributed by atoms with E-state index >= 15 is 0 Å². The third kappa shape index (κ3) is 3.22. The number of hydrogen-bond acceptors (Lipinski definition) is 3. The van der Waals surface area contributed by atoms with Crippen LogP contribution in [0.4, 0.5) is 5.82 Å². The van der Waals surface area contributed by atoms with Crippen LogP contribution in [0, 0.1) is 6.92 Å². The van der Waals surface area contributed by atoms with E-state index in [0.29, 0.717) is 23.7 Å². The highest BCUT2D eigenvalue weighted by Gasteiger charge is 2.08. The van der Waals surface area contributed by atoms with Crippen molar-refractivity contribution in [2.75, 3.05) is 11.9 Å². The first kappa shape index (κ1) is 12.9. The second kappa shape index (κ2) is 5.86. The Balaban J connectivity index is 2.03. The van der Waals surface area contributed by atoms with E-state index in [0.717, 1.165) is 5.56 Å². The fourth-order valence-corrected chi connectivity index (χ4v) is 1.52. The van der Waals surface area contributed by atoms with Gasteiger partial charge in [0.2, 0.25) is 0 Å². The smallest absolute Gasteiger partial charge is 0.256 e. The van der Waals surface area contributed by atoms with E-state index < -0.39 is 0 Å². The number of nitrogens with zero attached hydrogens (tertiary/aromatic N) is 1. The molecule has 0 bridgehead atoms. The van der Waals surface area contributed by atoms with Gasteiger partial charge in [0.05, 0.1) is 6.20 Å². The molecular weight excluding hydrogens is 242 g/mol. The molecule has 2 N–H and O–H groups in total. The number of aromatic amines is 1. The number of amides is 1. The summed E-state index contributed by atoms with van der Waals surface area (Å²) >= 11 is 0. The summed E-state index contributed by atoms with van der Waals surface area (Å²) in [5, 5.41) is 9.33. The third-order valence-electron chi connectivity index (χ3n) is 2.55. The van der Waals surface area contributed by atoms with E-state index in [4.69, 9.17) is 4.74 Å². The maximum atomic E-state index is 12.0. The molecule has 0 saturated carbocycles. The summed E-state index contributed by atoms with van der Waals surface area (Å²) in [5.41, 5.74) is 1.44. The Kier molecular flexibility index (Phi) is 3.97. The summed E-state index contributed by atoms with van der Waals surface area (Å²) in [6, 6.07) is 6.91. The lowest BCUT2D eigenvalue weighted by Crippen LogP contribution is -2.12. The average Bonchev–Trinajstić information content (AvgIpc) is 2.82. The molecule has 0 radical (unpaired) electrons. The Labute approximate surface area is 111 Å². The van der Waals surface area contributed by atoms with Crippen LogP contribution in [0.25, 0.3) is 0 Å². The molecule has 0 aliphatic rings. The molecule has 0 unspecified atom stereocenters. The number of nitrogens with one attached hydrogen (secondary N) is 2. The fourth-order valence-electron chi connectivity index (χ4n) is 1.52. The lowest BCUT2D eigenvalue weighted by atomic mass is 10.2. The minimum Gasteiger partial charge on any atom is -0.490 e. The molecule has 0 spiro atoms. The van der Waals surface area contributed by atoms with Gasteiger partial charge in [-0.05, 0) is 31.2 Å². The molecule has 2 rings (SSSR count). The lowest BCUT2D eigenvalue weighted by Gasteiger charge is -2.06. The number of H-pyrrole nitrogens is 1. The van der Waals surface area contributed by atoms with Crippen molar-refractivity contribution in [3.05, 3.63) is 54.2 Å². The highest BCUT2D eigenvalue weighted by molar-refractivity contribution is 6.04. The predicted molar refractivity (Wildman–Crippen MR) is 73.4 cm³/mol. The first-order valence-electron chi connectivity index (χ1n) is 5.86. The van der Waals surface area contributed by atoms with E-state index in [9.17, 15) is 4.79 Å². The largest absolute Gasteiger partial charge is 0.490 e. The van der Waals surface area contributed by atoms with Gasteiger partial charge in [0, 0.05) is 11.1 Å². The van der Waals surface area contributed by atoms with Crippen molar-refractivity contribution in [2.24, 2.45) is 0 Å². The Morgan fingerprint density at radius 3 is 2.79 bits per heavy atom. The molecule has 0 aliphatic carbocycles. The van der Waals surface area contributed by atoms with Gasteiger partial charge in [-0.15, -0.1) is 0 Å². The Morgan fingerprint density at radius 2 is 2.21 bits per heavy atom. The normalized spacial score (nSPS) is 9.95. The van der Waals surface area contributed by atoms with Crippen molar-refractivity contribution in [1.29, 1.82) is 0 Å². The molecule has 1 amide bonds. The minimum atomic E-state index is -0.192. The number of aryl methyl sites for hydroxylation is 1. The van der Waals surface area contributed by atoms with Gasteiger partial charge in [0.15, 0.2) is 0 Å². The van der Waals surface area contributed by atoms with Crippen molar-refractivity contribution >= 4 is 11.7 Å². The zero-order valence-corrected chi connectivity index (χ0v) is 10.6. The number of benzene rings is 1. The highest BCUT2D eigenvalue weighted by atomic mass is 16.5. The molecule has 1 heterocycles. The first-order valence-corrected chi connectivity index (χ1v) is 5.86. The van der Waals surface area contributed by atoms with Gasteiger partial charge in [-0.25, -0.2) is 0 Å². The van der Waals surface area contributed by atoms with Gasteiger partial charge in [-0.3, -0.25) is 9.89 Å². The Morgan fingerprint density at radius 1 is 1.47 bits per heavy atom. The molecule has 0 atom stereocenters. The second-order valence-corrected chi connectivity index (χ2v) is 4.01. The van der Waals surface area contributed by atoms with Crippen LogP contribution in [0.2, 0.25) is 0 Å². The van der Waals surface area contributed by atoms with Gasteiger partial charge in [0.25, 0.3) is 5.91 Å². The first-order chi connectivity index (χ1) is 9.20. The van der Waals surface area contributed by atoms with Crippen molar-refractivity contribution in [2.45, 2.75) is 6.92 Å². The highest BCUT2D eigenvalue weighted by Crippen LogP contribution is 2.14. The summed E-state index contributed by atoms with van der Waals surface area (Å²) in [5.74, 6) is 1.12. The summed E-state index contributed by atoms with van der Waals surface area (Å²) in [6.07, 6.45) is 3.32.